The molecule has 1 aliphatic rings. The van der Waals surface area contributed by atoms with Gasteiger partial charge in [-0.15, -0.1) is 0 Å². The van der Waals surface area contributed by atoms with E-state index in [1.807, 2.05) is 30.3 Å². The molecule has 0 amide bonds. The third kappa shape index (κ3) is 4.43. The van der Waals surface area contributed by atoms with E-state index in [1.54, 1.807) is 19.2 Å². The Morgan fingerprint density at radius 1 is 0.938 bits per heavy atom. The maximum Gasteiger partial charge on any atom is 0.335 e. The highest BCUT2D eigenvalue weighted by molar-refractivity contribution is 5.96. The predicted molar refractivity (Wildman–Crippen MR) is 125 cm³/mol. The van der Waals surface area contributed by atoms with Gasteiger partial charge in [0.2, 0.25) is 0 Å². The molecule has 0 heterocycles. The Morgan fingerprint density at radius 3 is 2.06 bits per heavy atom. The first-order valence-electron chi connectivity index (χ1n) is 11.4. The number of fused-ring (bicyclic) bond motifs is 1. The van der Waals surface area contributed by atoms with Crippen LogP contribution in [0.5, 0.6) is 5.75 Å². The highest BCUT2D eigenvalue weighted by Gasteiger charge is 2.45. The molecule has 0 bridgehead atoms. The van der Waals surface area contributed by atoms with Crippen molar-refractivity contribution in [1.29, 1.82) is 0 Å². The Bertz CT molecular complexity index is 1010. The minimum absolute atomic E-state index is 0.0636. The van der Waals surface area contributed by atoms with Crippen molar-refractivity contribution in [3.05, 3.63) is 70.3 Å². The summed E-state index contributed by atoms with van der Waals surface area (Å²) < 4.78 is 5.30. The van der Waals surface area contributed by atoms with E-state index >= 15 is 0 Å². The van der Waals surface area contributed by atoms with Gasteiger partial charge in [0, 0.05) is 5.41 Å². The lowest BCUT2D eigenvalue weighted by atomic mass is 9.69. The molecule has 0 unspecified atom stereocenters. The summed E-state index contributed by atoms with van der Waals surface area (Å²) in [6.45, 7) is 4.28. The summed E-state index contributed by atoms with van der Waals surface area (Å²) in [7, 11) is 1.61. The minimum Gasteiger partial charge on any atom is -0.497 e. The fourth-order valence-electron chi connectivity index (χ4n) is 5.02. The SMILES string of the molecule is CCCCC1(CCCC)C(CC(=O)O)=C(c2ccc(OC)cc2)c2cc(C(=O)O)ccc21. The van der Waals surface area contributed by atoms with Crippen LogP contribution in [-0.4, -0.2) is 29.3 Å². The van der Waals surface area contributed by atoms with Crippen molar-refractivity contribution < 1.29 is 24.5 Å². The van der Waals surface area contributed by atoms with Gasteiger partial charge in [-0.05, 0) is 64.9 Å². The molecule has 0 fully saturated rings. The molecule has 0 aromatic heterocycles. The molecule has 5 heteroatoms. The van der Waals surface area contributed by atoms with E-state index in [0.717, 1.165) is 72.1 Å². The van der Waals surface area contributed by atoms with Gasteiger partial charge in [0.05, 0.1) is 19.1 Å². The maximum atomic E-state index is 12.0. The van der Waals surface area contributed by atoms with Crippen molar-refractivity contribution in [3.8, 4) is 5.75 Å². The summed E-state index contributed by atoms with van der Waals surface area (Å²) in [4.78, 5) is 23.8. The Morgan fingerprint density at radius 2 is 1.56 bits per heavy atom. The molecule has 1 aliphatic carbocycles. The molecular weight excluding hydrogens is 404 g/mol. The normalized spacial score (nSPS) is 14.3. The summed E-state index contributed by atoms with van der Waals surface area (Å²) in [6, 6.07) is 12.9. The summed E-state index contributed by atoms with van der Waals surface area (Å²) in [6.07, 6.45) is 5.61. The molecule has 0 saturated carbocycles. The molecular formula is C27H32O5. The topological polar surface area (TPSA) is 83.8 Å². The number of methoxy groups -OCH3 is 1. The number of hydrogen-bond donors (Lipinski definition) is 2. The van der Waals surface area contributed by atoms with Crippen LogP contribution in [-0.2, 0) is 10.2 Å². The number of hydrogen-bond acceptors (Lipinski definition) is 3. The van der Waals surface area contributed by atoms with Gasteiger partial charge in [-0.3, -0.25) is 4.79 Å². The predicted octanol–water partition coefficient (Wildman–Crippen LogP) is 6.30. The lowest BCUT2D eigenvalue weighted by Crippen LogP contribution is -2.28. The summed E-state index contributed by atoms with van der Waals surface area (Å²) in [5.74, 6) is -1.13. The van der Waals surface area contributed by atoms with Crippen molar-refractivity contribution in [2.45, 2.75) is 64.2 Å². The van der Waals surface area contributed by atoms with Crippen LogP contribution in [0.3, 0.4) is 0 Å². The second-order valence-corrected chi connectivity index (χ2v) is 8.51. The average molecular weight is 437 g/mol. The number of carbonyl (C=O) groups is 2. The Hall–Kier alpha value is -3.08. The van der Waals surface area contributed by atoms with E-state index in [9.17, 15) is 19.8 Å². The highest BCUT2D eigenvalue weighted by atomic mass is 16.5. The van der Waals surface area contributed by atoms with Gasteiger partial charge in [-0.25, -0.2) is 4.79 Å². The van der Waals surface area contributed by atoms with Gasteiger partial charge >= 0.3 is 11.9 Å². The molecule has 2 aromatic carbocycles. The van der Waals surface area contributed by atoms with Gasteiger partial charge in [0.1, 0.15) is 5.75 Å². The van der Waals surface area contributed by atoms with Gasteiger partial charge < -0.3 is 14.9 Å². The largest absolute Gasteiger partial charge is 0.497 e. The van der Waals surface area contributed by atoms with Gasteiger partial charge in [-0.1, -0.05) is 57.7 Å². The van der Waals surface area contributed by atoms with E-state index in [1.165, 1.54) is 0 Å². The van der Waals surface area contributed by atoms with Crippen molar-refractivity contribution in [2.75, 3.05) is 7.11 Å². The van der Waals surface area contributed by atoms with Gasteiger partial charge in [0.15, 0.2) is 0 Å². The first kappa shape index (κ1) is 23.6. The zero-order valence-electron chi connectivity index (χ0n) is 19.1. The molecule has 0 atom stereocenters. The van der Waals surface area contributed by atoms with Crippen LogP contribution in [0.4, 0.5) is 0 Å². The number of benzene rings is 2. The Labute approximate surface area is 189 Å². The van der Waals surface area contributed by atoms with Gasteiger partial charge in [-0.2, -0.15) is 0 Å². The third-order valence-electron chi connectivity index (χ3n) is 6.55. The van der Waals surface area contributed by atoms with E-state index in [4.69, 9.17) is 4.74 Å². The van der Waals surface area contributed by atoms with Crippen molar-refractivity contribution in [2.24, 2.45) is 0 Å². The Kier molecular flexibility index (Phi) is 7.39. The van der Waals surface area contributed by atoms with Gasteiger partial charge in [0.25, 0.3) is 0 Å². The van der Waals surface area contributed by atoms with E-state index in [2.05, 4.69) is 13.8 Å². The number of unbranched alkanes of at least 4 members (excludes halogenated alkanes) is 2. The minimum atomic E-state index is -0.985. The fraction of sp³-hybridized carbons (Fsp3) is 0.407. The average Bonchev–Trinajstić information content (AvgIpc) is 3.04. The van der Waals surface area contributed by atoms with Crippen LogP contribution in [0.1, 0.15) is 85.8 Å². The zero-order valence-corrected chi connectivity index (χ0v) is 19.1. The first-order chi connectivity index (χ1) is 15.4. The summed E-state index contributed by atoms with van der Waals surface area (Å²) in [5, 5.41) is 19.5. The molecule has 2 aromatic rings. The van der Waals surface area contributed by atoms with Crippen molar-refractivity contribution >= 4 is 17.5 Å². The summed E-state index contributed by atoms with van der Waals surface area (Å²) in [5.41, 5.74) is 4.37. The molecule has 0 radical (unpaired) electrons. The molecule has 0 aliphatic heterocycles. The number of aliphatic carboxylic acids is 1. The molecule has 32 heavy (non-hydrogen) atoms. The molecule has 5 nitrogen and oxygen atoms in total. The quantitative estimate of drug-likeness (QED) is 0.432. The van der Waals surface area contributed by atoms with Crippen molar-refractivity contribution in [3.63, 3.8) is 0 Å². The standard InChI is InChI=1S/C27H32O5/c1-4-6-14-27(15-7-5-2)22-13-10-19(26(30)31)16-21(22)25(23(27)17-24(28)29)18-8-11-20(32-3)12-9-18/h8-13,16H,4-7,14-15,17H2,1-3H3,(H,28,29)(H,30,31). The third-order valence-corrected chi connectivity index (χ3v) is 6.55. The molecule has 0 saturated heterocycles. The summed E-state index contributed by atoms with van der Waals surface area (Å²) >= 11 is 0. The smallest absolute Gasteiger partial charge is 0.335 e. The number of carboxylic acid groups (broad SMARTS) is 2. The van der Waals surface area contributed by atoms with Crippen LogP contribution in [0.25, 0.3) is 5.57 Å². The monoisotopic (exact) mass is 436 g/mol. The molecule has 2 N–H and O–H groups in total. The fourth-order valence-corrected chi connectivity index (χ4v) is 5.02. The second-order valence-electron chi connectivity index (χ2n) is 8.51. The lowest BCUT2D eigenvalue weighted by molar-refractivity contribution is -0.136. The maximum absolute atomic E-state index is 12.0. The number of carboxylic acids is 2. The molecule has 0 spiro atoms. The van der Waals surface area contributed by atoms with Crippen LogP contribution >= 0.6 is 0 Å². The number of aromatic carboxylic acids is 1. The van der Waals surface area contributed by atoms with Crippen LogP contribution < -0.4 is 4.74 Å². The Balaban J connectivity index is 2.35. The number of rotatable bonds is 11. The number of ether oxygens (including phenoxy) is 1. The zero-order chi connectivity index (χ0) is 23.3. The molecule has 3 rings (SSSR count). The highest BCUT2D eigenvalue weighted by Crippen LogP contribution is 2.55. The van der Waals surface area contributed by atoms with Crippen LogP contribution in [0.15, 0.2) is 48.0 Å². The van der Waals surface area contributed by atoms with E-state index in [0.29, 0.717) is 0 Å². The van der Waals surface area contributed by atoms with Crippen LogP contribution in [0, 0.1) is 0 Å². The lowest BCUT2D eigenvalue weighted by Gasteiger charge is -2.34. The molecule has 170 valence electrons. The van der Waals surface area contributed by atoms with E-state index < -0.39 is 17.4 Å². The second kappa shape index (κ2) is 10.0. The van der Waals surface area contributed by atoms with Crippen molar-refractivity contribution in [1.82, 2.24) is 0 Å². The van der Waals surface area contributed by atoms with E-state index in [-0.39, 0.29) is 12.0 Å². The first-order valence-corrected chi connectivity index (χ1v) is 11.4. The van der Waals surface area contributed by atoms with Crippen LogP contribution in [0.2, 0.25) is 0 Å².